The molecule has 5 nitrogen and oxygen atoms in total. The van der Waals surface area contributed by atoms with E-state index < -0.39 is 5.97 Å². The monoisotopic (exact) mass is 268 g/mol. The Hall–Kier alpha value is -1.59. The van der Waals surface area contributed by atoms with E-state index in [1.807, 2.05) is 13.8 Å². The maximum absolute atomic E-state index is 10.9. The zero-order valence-corrected chi connectivity index (χ0v) is 11.3. The molecule has 0 aliphatic carbocycles. The van der Waals surface area contributed by atoms with Gasteiger partial charge in [0, 0.05) is 0 Å². The van der Waals surface area contributed by atoms with E-state index in [1.54, 1.807) is 18.2 Å². The molecule has 0 fully saturated rings. The van der Waals surface area contributed by atoms with Crippen molar-refractivity contribution in [3.05, 3.63) is 29.8 Å². The van der Waals surface area contributed by atoms with Crippen LogP contribution in [0.5, 0.6) is 5.75 Å². The van der Waals surface area contributed by atoms with Gasteiger partial charge >= 0.3 is 5.97 Å². The van der Waals surface area contributed by atoms with Crippen molar-refractivity contribution in [2.45, 2.75) is 20.0 Å². The van der Waals surface area contributed by atoms with E-state index in [4.69, 9.17) is 19.3 Å². The van der Waals surface area contributed by atoms with Crippen LogP contribution in [-0.4, -0.2) is 43.6 Å². The molecule has 0 unspecified atom stereocenters. The van der Waals surface area contributed by atoms with Crippen molar-refractivity contribution >= 4 is 5.97 Å². The first-order valence-electron chi connectivity index (χ1n) is 6.25. The number of rotatable bonds is 9. The molecule has 1 rings (SSSR count). The quantitative estimate of drug-likeness (QED) is 0.695. The molecule has 106 valence electrons. The molecular formula is C14H20O5. The van der Waals surface area contributed by atoms with Gasteiger partial charge in [0.25, 0.3) is 0 Å². The summed E-state index contributed by atoms with van der Waals surface area (Å²) in [6.07, 6.45) is 0.197. The fourth-order valence-electron chi connectivity index (χ4n) is 1.42. The van der Waals surface area contributed by atoms with E-state index in [-0.39, 0.29) is 11.7 Å². The lowest BCUT2D eigenvalue weighted by molar-refractivity contribution is 0.0123. The highest BCUT2D eigenvalue weighted by Crippen LogP contribution is 2.17. The van der Waals surface area contributed by atoms with E-state index >= 15 is 0 Å². The molecule has 0 atom stereocenters. The Morgan fingerprint density at radius 2 is 1.84 bits per heavy atom. The van der Waals surface area contributed by atoms with Crippen LogP contribution < -0.4 is 4.74 Å². The second kappa shape index (κ2) is 8.50. The van der Waals surface area contributed by atoms with Crippen molar-refractivity contribution in [1.29, 1.82) is 0 Å². The third-order valence-electron chi connectivity index (χ3n) is 2.28. The molecule has 0 saturated heterocycles. The second-order valence-corrected chi connectivity index (χ2v) is 4.18. The molecule has 0 radical (unpaired) electrons. The Morgan fingerprint density at radius 3 is 2.53 bits per heavy atom. The smallest absolute Gasteiger partial charge is 0.339 e. The summed E-state index contributed by atoms with van der Waals surface area (Å²) in [4.78, 5) is 10.9. The summed E-state index contributed by atoms with van der Waals surface area (Å²) >= 11 is 0. The van der Waals surface area contributed by atoms with Crippen LogP contribution in [0.3, 0.4) is 0 Å². The van der Waals surface area contributed by atoms with E-state index in [0.29, 0.717) is 32.2 Å². The van der Waals surface area contributed by atoms with Crippen LogP contribution in [0.1, 0.15) is 24.2 Å². The van der Waals surface area contributed by atoms with Gasteiger partial charge in [0.2, 0.25) is 0 Å². The Balaban J connectivity index is 2.21. The molecule has 0 aliphatic rings. The molecule has 5 heteroatoms. The minimum absolute atomic E-state index is 0.158. The van der Waals surface area contributed by atoms with Gasteiger partial charge in [-0.1, -0.05) is 12.1 Å². The van der Waals surface area contributed by atoms with Gasteiger partial charge in [-0.25, -0.2) is 4.79 Å². The van der Waals surface area contributed by atoms with Crippen molar-refractivity contribution in [1.82, 2.24) is 0 Å². The molecule has 1 aromatic rings. The molecule has 0 bridgehead atoms. The van der Waals surface area contributed by atoms with Crippen LogP contribution in [0.2, 0.25) is 0 Å². The average Bonchev–Trinajstić information content (AvgIpc) is 2.37. The lowest BCUT2D eigenvalue weighted by Crippen LogP contribution is -2.14. The number of ether oxygens (including phenoxy) is 3. The summed E-state index contributed by atoms with van der Waals surface area (Å²) in [5.74, 6) is -0.640. The molecule has 0 aromatic heterocycles. The van der Waals surface area contributed by atoms with E-state index in [0.717, 1.165) is 0 Å². The predicted octanol–water partition coefficient (Wildman–Crippen LogP) is 2.21. The van der Waals surface area contributed by atoms with Crippen molar-refractivity contribution in [2.75, 3.05) is 26.4 Å². The summed E-state index contributed by atoms with van der Waals surface area (Å²) in [6.45, 7) is 5.69. The van der Waals surface area contributed by atoms with Crippen molar-refractivity contribution < 1.29 is 24.1 Å². The third kappa shape index (κ3) is 6.22. The van der Waals surface area contributed by atoms with Gasteiger partial charge in [-0.3, -0.25) is 0 Å². The summed E-state index contributed by atoms with van der Waals surface area (Å²) in [7, 11) is 0. The summed E-state index contributed by atoms with van der Waals surface area (Å²) in [5, 5.41) is 8.96. The number of hydrogen-bond acceptors (Lipinski definition) is 4. The molecule has 19 heavy (non-hydrogen) atoms. The number of benzene rings is 1. The molecule has 0 aliphatic heterocycles. The zero-order chi connectivity index (χ0) is 14.1. The molecule has 0 heterocycles. The summed E-state index contributed by atoms with van der Waals surface area (Å²) in [6, 6.07) is 6.54. The highest BCUT2D eigenvalue weighted by Gasteiger charge is 2.09. The van der Waals surface area contributed by atoms with Gasteiger partial charge in [0.15, 0.2) is 0 Å². The van der Waals surface area contributed by atoms with Gasteiger partial charge < -0.3 is 19.3 Å². The Bertz CT molecular complexity index is 389. The molecular weight excluding hydrogens is 248 g/mol. The van der Waals surface area contributed by atoms with Crippen LogP contribution >= 0.6 is 0 Å². The topological polar surface area (TPSA) is 65.0 Å². The van der Waals surface area contributed by atoms with E-state index in [1.165, 1.54) is 6.07 Å². The van der Waals surface area contributed by atoms with E-state index in [9.17, 15) is 4.79 Å². The maximum Gasteiger partial charge on any atom is 0.339 e. The van der Waals surface area contributed by atoms with E-state index in [2.05, 4.69) is 0 Å². The van der Waals surface area contributed by atoms with Gasteiger partial charge in [0.05, 0.1) is 25.9 Å². The fraction of sp³-hybridized carbons (Fsp3) is 0.500. The Kier molecular flexibility index (Phi) is 6.92. The largest absolute Gasteiger partial charge is 0.490 e. The highest BCUT2D eigenvalue weighted by molar-refractivity contribution is 5.90. The summed E-state index contributed by atoms with van der Waals surface area (Å²) in [5.41, 5.74) is 0.158. The minimum Gasteiger partial charge on any atom is -0.490 e. The number of aromatic carboxylic acids is 1. The van der Waals surface area contributed by atoms with Gasteiger partial charge in [0.1, 0.15) is 17.9 Å². The summed E-state index contributed by atoms with van der Waals surface area (Å²) < 4.78 is 16.0. The fourth-order valence-corrected chi connectivity index (χ4v) is 1.42. The molecule has 0 amide bonds. The number of carboxylic acids is 1. The normalized spacial score (nSPS) is 10.7. The second-order valence-electron chi connectivity index (χ2n) is 4.18. The average molecular weight is 268 g/mol. The van der Waals surface area contributed by atoms with Crippen molar-refractivity contribution in [3.63, 3.8) is 0 Å². The SMILES string of the molecule is CC(C)OCCOCCOc1ccccc1C(=O)O. The van der Waals surface area contributed by atoms with Gasteiger partial charge in [-0.15, -0.1) is 0 Å². The van der Waals surface area contributed by atoms with Crippen LogP contribution in [-0.2, 0) is 9.47 Å². The predicted molar refractivity (Wildman–Crippen MR) is 70.8 cm³/mol. The first kappa shape index (κ1) is 15.5. The molecule has 0 spiro atoms. The lowest BCUT2D eigenvalue weighted by atomic mass is 10.2. The van der Waals surface area contributed by atoms with Crippen molar-refractivity contribution in [2.24, 2.45) is 0 Å². The number of carbonyl (C=O) groups is 1. The zero-order valence-electron chi connectivity index (χ0n) is 11.3. The Labute approximate surface area is 113 Å². The molecule has 1 N–H and O–H groups in total. The first-order valence-corrected chi connectivity index (χ1v) is 6.25. The van der Waals surface area contributed by atoms with Crippen LogP contribution in [0, 0.1) is 0 Å². The number of para-hydroxylation sites is 1. The molecule has 1 aromatic carbocycles. The minimum atomic E-state index is -0.998. The van der Waals surface area contributed by atoms with Crippen LogP contribution in [0.4, 0.5) is 0 Å². The Morgan fingerprint density at radius 1 is 1.16 bits per heavy atom. The first-order chi connectivity index (χ1) is 9.11. The van der Waals surface area contributed by atoms with Crippen LogP contribution in [0.25, 0.3) is 0 Å². The van der Waals surface area contributed by atoms with Gasteiger partial charge in [-0.05, 0) is 26.0 Å². The highest BCUT2D eigenvalue weighted by atomic mass is 16.5. The number of hydrogen-bond donors (Lipinski definition) is 1. The van der Waals surface area contributed by atoms with Gasteiger partial charge in [-0.2, -0.15) is 0 Å². The number of carboxylic acid groups (broad SMARTS) is 1. The maximum atomic E-state index is 10.9. The third-order valence-corrected chi connectivity index (χ3v) is 2.28. The molecule has 0 saturated carbocycles. The lowest BCUT2D eigenvalue weighted by Gasteiger charge is -2.10. The standard InChI is InChI=1S/C14H20O5/c1-11(2)18-9-7-17-8-10-19-13-6-4-3-5-12(13)14(15)16/h3-6,11H,7-10H2,1-2H3,(H,15,16). The van der Waals surface area contributed by atoms with Crippen molar-refractivity contribution in [3.8, 4) is 5.75 Å². The van der Waals surface area contributed by atoms with Crippen LogP contribution in [0.15, 0.2) is 24.3 Å².